The van der Waals surface area contributed by atoms with Crippen LogP contribution in [-0.4, -0.2) is 38.9 Å². The molecule has 0 spiro atoms. The average Bonchev–Trinajstić information content (AvgIpc) is 3.03. The molecule has 21 heavy (non-hydrogen) atoms. The molecule has 5 nitrogen and oxygen atoms in total. The van der Waals surface area contributed by atoms with Gasteiger partial charge in [-0.1, -0.05) is 0 Å². The summed E-state index contributed by atoms with van der Waals surface area (Å²) in [5.41, 5.74) is 7.17. The second kappa shape index (κ2) is 5.85. The number of sulfonamides is 1. The molecule has 0 radical (unpaired) electrons. The maximum Gasteiger partial charge on any atom is 0.245 e. The average molecular weight is 309 g/mol. The molecular weight excluding hydrogens is 286 g/mol. The third-order valence-corrected chi connectivity index (χ3v) is 6.29. The molecule has 2 heterocycles. The van der Waals surface area contributed by atoms with E-state index in [9.17, 15) is 8.42 Å². The number of piperidine rings is 1. The lowest BCUT2D eigenvalue weighted by Gasteiger charge is -2.31. The van der Waals surface area contributed by atoms with E-state index in [4.69, 9.17) is 5.73 Å². The van der Waals surface area contributed by atoms with E-state index in [0.717, 1.165) is 44.5 Å². The van der Waals surface area contributed by atoms with E-state index in [0.29, 0.717) is 23.7 Å². The number of nitrogens with zero attached hydrogens (tertiary/aromatic N) is 2. The van der Waals surface area contributed by atoms with Gasteiger partial charge in [-0.2, -0.15) is 4.31 Å². The Balaban J connectivity index is 2.01. The highest BCUT2D eigenvalue weighted by Crippen LogP contribution is 2.32. The number of anilines is 2. The lowest BCUT2D eigenvalue weighted by atomic mass is 10.1. The number of hydrogen-bond donors (Lipinski definition) is 1. The Morgan fingerprint density at radius 2 is 1.52 bits per heavy atom. The summed E-state index contributed by atoms with van der Waals surface area (Å²) in [4.78, 5) is 2.57. The van der Waals surface area contributed by atoms with Crippen LogP contribution in [-0.2, 0) is 10.0 Å². The zero-order chi connectivity index (χ0) is 14.9. The molecule has 2 aliphatic rings. The molecule has 0 unspecified atom stereocenters. The topological polar surface area (TPSA) is 66.6 Å². The summed E-state index contributed by atoms with van der Waals surface area (Å²) in [5.74, 6) is 0. The molecule has 116 valence electrons. The standard InChI is InChI=1S/C15H23N3O2S/c16-13-6-7-14(17-8-2-1-3-9-17)15(12-13)21(19,20)18-10-4-5-11-18/h6-7,12H,1-5,8-11,16H2. The highest BCUT2D eigenvalue weighted by atomic mass is 32.2. The minimum atomic E-state index is -3.43. The van der Waals surface area contributed by atoms with Gasteiger partial charge in [0.2, 0.25) is 10.0 Å². The predicted molar refractivity (Wildman–Crippen MR) is 84.9 cm³/mol. The van der Waals surface area contributed by atoms with E-state index < -0.39 is 10.0 Å². The van der Waals surface area contributed by atoms with Gasteiger partial charge in [0.15, 0.2) is 0 Å². The monoisotopic (exact) mass is 309 g/mol. The molecule has 1 aromatic carbocycles. The zero-order valence-electron chi connectivity index (χ0n) is 12.3. The van der Waals surface area contributed by atoms with Crippen LogP contribution in [0, 0.1) is 0 Å². The highest BCUT2D eigenvalue weighted by Gasteiger charge is 2.31. The molecule has 3 rings (SSSR count). The van der Waals surface area contributed by atoms with Gasteiger partial charge >= 0.3 is 0 Å². The summed E-state index contributed by atoms with van der Waals surface area (Å²) in [6.07, 6.45) is 5.35. The maximum atomic E-state index is 12.9. The molecule has 0 aromatic heterocycles. The first kappa shape index (κ1) is 14.7. The quantitative estimate of drug-likeness (QED) is 0.868. The molecule has 0 atom stereocenters. The first-order valence-electron chi connectivity index (χ1n) is 7.74. The van der Waals surface area contributed by atoms with Crippen molar-refractivity contribution < 1.29 is 8.42 Å². The van der Waals surface area contributed by atoms with Gasteiger partial charge in [-0.15, -0.1) is 0 Å². The van der Waals surface area contributed by atoms with Gasteiger partial charge in [0.05, 0.1) is 5.69 Å². The van der Waals surface area contributed by atoms with Gasteiger partial charge in [0.1, 0.15) is 4.90 Å². The largest absolute Gasteiger partial charge is 0.399 e. The van der Waals surface area contributed by atoms with E-state index in [1.54, 1.807) is 16.4 Å². The highest BCUT2D eigenvalue weighted by molar-refractivity contribution is 7.89. The van der Waals surface area contributed by atoms with Gasteiger partial charge in [0.25, 0.3) is 0 Å². The minimum Gasteiger partial charge on any atom is -0.399 e. The molecule has 0 amide bonds. The summed E-state index contributed by atoms with van der Waals surface area (Å²) in [6, 6.07) is 5.29. The van der Waals surface area contributed by atoms with Crippen LogP contribution in [0.4, 0.5) is 11.4 Å². The second-order valence-corrected chi connectivity index (χ2v) is 7.79. The molecule has 0 bridgehead atoms. The SMILES string of the molecule is Nc1ccc(N2CCCCC2)c(S(=O)(=O)N2CCCC2)c1. The molecule has 2 saturated heterocycles. The number of nitrogen functional groups attached to an aromatic ring is 1. The number of benzene rings is 1. The van der Waals surface area contributed by atoms with Crippen molar-refractivity contribution in [1.82, 2.24) is 4.31 Å². The van der Waals surface area contributed by atoms with E-state index in [1.165, 1.54) is 6.42 Å². The van der Waals surface area contributed by atoms with E-state index in [2.05, 4.69) is 4.90 Å². The van der Waals surface area contributed by atoms with Crippen LogP contribution in [0.2, 0.25) is 0 Å². The van der Waals surface area contributed by atoms with Crippen LogP contribution in [0.1, 0.15) is 32.1 Å². The van der Waals surface area contributed by atoms with Gasteiger partial charge in [-0.3, -0.25) is 0 Å². The van der Waals surface area contributed by atoms with Crippen molar-refractivity contribution in [1.29, 1.82) is 0 Å². The first-order valence-corrected chi connectivity index (χ1v) is 9.18. The molecular formula is C15H23N3O2S. The molecule has 0 aliphatic carbocycles. The fourth-order valence-corrected chi connectivity index (χ4v) is 4.96. The molecule has 2 fully saturated rings. The van der Waals surface area contributed by atoms with Crippen LogP contribution in [0.5, 0.6) is 0 Å². The zero-order valence-corrected chi connectivity index (χ0v) is 13.1. The van der Waals surface area contributed by atoms with Crippen LogP contribution in [0.25, 0.3) is 0 Å². The summed E-state index contributed by atoms with van der Waals surface area (Å²) < 4.78 is 27.4. The number of rotatable bonds is 3. The van der Waals surface area contributed by atoms with Crippen molar-refractivity contribution >= 4 is 21.4 Å². The van der Waals surface area contributed by atoms with Crippen LogP contribution < -0.4 is 10.6 Å². The Morgan fingerprint density at radius 3 is 2.19 bits per heavy atom. The first-order chi connectivity index (χ1) is 10.1. The molecule has 6 heteroatoms. The summed E-state index contributed by atoms with van der Waals surface area (Å²) >= 11 is 0. The fraction of sp³-hybridized carbons (Fsp3) is 0.600. The fourth-order valence-electron chi connectivity index (χ4n) is 3.20. The van der Waals surface area contributed by atoms with Crippen molar-refractivity contribution in [3.63, 3.8) is 0 Å². The van der Waals surface area contributed by atoms with E-state index >= 15 is 0 Å². The Kier molecular flexibility index (Phi) is 4.08. The Hall–Kier alpha value is -1.27. The number of nitrogens with two attached hydrogens (primary N) is 1. The predicted octanol–water partition coefficient (Wildman–Crippen LogP) is 2.04. The smallest absolute Gasteiger partial charge is 0.245 e. The normalized spacial score (nSPS) is 20.9. The summed E-state index contributed by atoms with van der Waals surface area (Å²) in [6.45, 7) is 3.09. The Bertz CT molecular complexity index is 603. The Labute approximate surface area is 126 Å². The van der Waals surface area contributed by atoms with Crippen molar-refractivity contribution in [2.45, 2.75) is 37.0 Å². The van der Waals surface area contributed by atoms with Crippen LogP contribution >= 0.6 is 0 Å². The Morgan fingerprint density at radius 1 is 0.905 bits per heavy atom. The third-order valence-electron chi connectivity index (χ3n) is 4.36. The molecule has 0 saturated carbocycles. The minimum absolute atomic E-state index is 0.381. The lowest BCUT2D eigenvalue weighted by molar-refractivity contribution is 0.476. The van der Waals surface area contributed by atoms with Gasteiger partial charge in [0, 0.05) is 31.9 Å². The van der Waals surface area contributed by atoms with E-state index in [-0.39, 0.29) is 0 Å². The van der Waals surface area contributed by atoms with Crippen molar-refractivity contribution in [3.05, 3.63) is 18.2 Å². The summed E-state index contributed by atoms with van der Waals surface area (Å²) in [7, 11) is -3.43. The van der Waals surface area contributed by atoms with E-state index in [1.807, 2.05) is 6.07 Å². The molecule has 2 N–H and O–H groups in total. The number of hydrogen-bond acceptors (Lipinski definition) is 4. The van der Waals surface area contributed by atoms with Crippen LogP contribution in [0.3, 0.4) is 0 Å². The third kappa shape index (κ3) is 2.87. The summed E-state index contributed by atoms with van der Waals surface area (Å²) in [5, 5.41) is 0. The molecule has 2 aliphatic heterocycles. The van der Waals surface area contributed by atoms with Gasteiger partial charge < -0.3 is 10.6 Å². The van der Waals surface area contributed by atoms with Gasteiger partial charge in [-0.05, 0) is 50.3 Å². The van der Waals surface area contributed by atoms with Gasteiger partial charge in [-0.25, -0.2) is 8.42 Å². The second-order valence-electron chi connectivity index (χ2n) is 5.89. The van der Waals surface area contributed by atoms with Crippen molar-refractivity contribution in [3.8, 4) is 0 Å². The molecule has 1 aromatic rings. The van der Waals surface area contributed by atoms with Crippen molar-refractivity contribution in [2.24, 2.45) is 0 Å². The van der Waals surface area contributed by atoms with Crippen molar-refractivity contribution in [2.75, 3.05) is 36.8 Å². The van der Waals surface area contributed by atoms with Crippen LogP contribution in [0.15, 0.2) is 23.1 Å². The lowest BCUT2D eigenvalue weighted by Crippen LogP contribution is -2.33. The maximum absolute atomic E-state index is 12.9.